The van der Waals surface area contributed by atoms with Crippen LogP contribution in [0.5, 0.6) is 0 Å². The van der Waals surface area contributed by atoms with Crippen LogP contribution in [0.3, 0.4) is 0 Å². The quantitative estimate of drug-likeness (QED) is 0.556. The molecule has 25 heavy (non-hydrogen) atoms. The fourth-order valence-electron chi connectivity index (χ4n) is 5.25. The van der Waals surface area contributed by atoms with Crippen molar-refractivity contribution in [3.05, 3.63) is 59.9 Å². The third-order valence-electron chi connectivity index (χ3n) is 6.86. The first-order valence-electron chi connectivity index (χ1n) is 10.1. The summed E-state index contributed by atoms with van der Waals surface area (Å²) < 4.78 is 13.1. The molecule has 0 amide bonds. The summed E-state index contributed by atoms with van der Waals surface area (Å²) in [6.45, 7) is 2.36. The van der Waals surface area contributed by atoms with Crippen LogP contribution in [0.4, 0.5) is 4.39 Å². The van der Waals surface area contributed by atoms with Gasteiger partial charge in [-0.2, -0.15) is 0 Å². The lowest BCUT2D eigenvalue weighted by molar-refractivity contribution is 0.116. The van der Waals surface area contributed by atoms with Gasteiger partial charge in [-0.1, -0.05) is 56.2 Å². The van der Waals surface area contributed by atoms with E-state index in [9.17, 15) is 4.39 Å². The van der Waals surface area contributed by atoms with E-state index in [0.717, 1.165) is 29.2 Å². The summed E-state index contributed by atoms with van der Waals surface area (Å²) in [5.74, 6) is 3.51. The van der Waals surface area contributed by atoms with E-state index in [1.54, 1.807) is 0 Å². The van der Waals surface area contributed by atoms with Gasteiger partial charge in [0.25, 0.3) is 0 Å². The highest BCUT2D eigenvalue weighted by Gasteiger charge is 2.35. The molecule has 0 aliphatic heterocycles. The van der Waals surface area contributed by atoms with Crippen molar-refractivity contribution in [1.82, 2.24) is 0 Å². The van der Waals surface area contributed by atoms with Crippen molar-refractivity contribution in [2.75, 3.05) is 0 Å². The molecule has 2 aliphatic carbocycles. The highest BCUT2D eigenvalue weighted by molar-refractivity contribution is 5.63. The van der Waals surface area contributed by atoms with E-state index in [2.05, 4.69) is 31.2 Å². The molecule has 0 radical (unpaired) electrons. The normalized spacial score (nSPS) is 29.2. The zero-order chi connectivity index (χ0) is 17.2. The standard InChI is InChI=1S/C24H29F/c1-2-17-3-4-23-16-22(10-9-21(23)15-17)20-7-5-18(6-8-20)19-11-13-24(25)14-12-19/h5-8,11-14,17,21-23H,2-4,9-10,15-16H2,1H3/t17?,21-,22-,23-/m1/s1. The Labute approximate surface area is 151 Å². The molecule has 2 aromatic rings. The molecular formula is C24H29F. The highest BCUT2D eigenvalue weighted by atomic mass is 19.1. The minimum Gasteiger partial charge on any atom is -0.207 e. The predicted molar refractivity (Wildman–Crippen MR) is 103 cm³/mol. The second kappa shape index (κ2) is 7.32. The lowest BCUT2D eigenvalue weighted by Crippen LogP contribution is -2.30. The number of halogens is 1. The Bertz CT molecular complexity index is 685. The SMILES string of the molecule is CCC1CC[C@@H]2C[C@H](c3ccc(-c4ccc(F)cc4)cc3)CC[C@@H]2C1. The Morgan fingerprint density at radius 3 is 2.04 bits per heavy atom. The number of fused-ring (bicyclic) bond motifs is 1. The topological polar surface area (TPSA) is 0 Å². The molecule has 0 heterocycles. The number of hydrogen-bond acceptors (Lipinski definition) is 0. The summed E-state index contributed by atoms with van der Waals surface area (Å²) in [5.41, 5.74) is 3.78. The number of rotatable bonds is 3. The predicted octanol–water partition coefficient (Wildman–Crippen LogP) is 7.20. The number of hydrogen-bond donors (Lipinski definition) is 0. The zero-order valence-corrected chi connectivity index (χ0v) is 15.3. The summed E-state index contributed by atoms with van der Waals surface area (Å²) in [5, 5.41) is 0. The molecule has 2 aromatic carbocycles. The van der Waals surface area contributed by atoms with E-state index in [1.165, 1.54) is 68.2 Å². The third kappa shape index (κ3) is 3.66. The van der Waals surface area contributed by atoms with Gasteiger partial charge >= 0.3 is 0 Å². The summed E-state index contributed by atoms with van der Waals surface area (Å²) in [7, 11) is 0. The van der Waals surface area contributed by atoms with Gasteiger partial charge in [0.15, 0.2) is 0 Å². The molecule has 0 N–H and O–H groups in total. The van der Waals surface area contributed by atoms with Crippen LogP contribution in [0.1, 0.15) is 63.4 Å². The molecule has 4 rings (SSSR count). The van der Waals surface area contributed by atoms with Crippen molar-refractivity contribution in [3.8, 4) is 11.1 Å². The van der Waals surface area contributed by atoms with E-state index in [1.807, 2.05) is 12.1 Å². The van der Waals surface area contributed by atoms with Gasteiger partial charge in [0, 0.05) is 0 Å². The van der Waals surface area contributed by atoms with Crippen LogP contribution in [-0.4, -0.2) is 0 Å². The molecule has 2 aliphatic rings. The summed E-state index contributed by atoms with van der Waals surface area (Å²) in [6, 6.07) is 15.8. The molecule has 0 bridgehead atoms. The fourth-order valence-corrected chi connectivity index (χ4v) is 5.25. The van der Waals surface area contributed by atoms with E-state index < -0.39 is 0 Å². The molecule has 2 fully saturated rings. The van der Waals surface area contributed by atoms with Crippen molar-refractivity contribution in [2.24, 2.45) is 17.8 Å². The first kappa shape index (κ1) is 16.8. The fraction of sp³-hybridized carbons (Fsp3) is 0.500. The van der Waals surface area contributed by atoms with Crippen molar-refractivity contribution in [2.45, 2.75) is 57.8 Å². The lowest BCUT2D eigenvalue weighted by atomic mass is 9.63. The van der Waals surface area contributed by atoms with Crippen molar-refractivity contribution >= 4 is 0 Å². The largest absolute Gasteiger partial charge is 0.207 e. The van der Waals surface area contributed by atoms with Gasteiger partial charge in [-0.15, -0.1) is 0 Å². The van der Waals surface area contributed by atoms with Crippen LogP contribution < -0.4 is 0 Å². The van der Waals surface area contributed by atoms with E-state index in [4.69, 9.17) is 0 Å². The van der Waals surface area contributed by atoms with Crippen molar-refractivity contribution < 1.29 is 4.39 Å². The summed E-state index contributed by atoms with van der Waals surface area (Å²) >= 11 is 0. The monoisotopic (exact) mass is 336 g/mol. The molecule has 132 valence electrons. The van der Waals surface area contributed by atoms with Gasteiger partial charge in [-0.25, -0.2) is 4.39 Å². The average Bonchev–Trinajstić information content (AvgIpc) is 2.68. The minimum absolute atomic E-state index is 0.171. The maximum Gasteiger partial charge on any atom is 0.123 e. The molecular weight excluding hydrogens is 307 g/mol. The van der Waals surface area contributed by atoms with Crippen LogP contribution in [0.25, 0.3) is 11.1 Å². The van der Waals surface area contributed by atoms with Gasteiger partial charge in [0.2, 0.25) is 0 Å². The Balaban J connectivity index is 1.43. The second-order valence-electron chi connectivity index (χ2n) is 8.25. The highest BCUT2D eigenvalue weighted by Crippen LogP contribution is 2.48. The van der Waals surface area contributed by atoms with Crippen molar-refractivity contribution in [3.63, 3.8) is 0 Å². The Hall–Kier alpha value is -1.63. The second-order valence-corrected chi connectivity index (χ2v) is 8.25. The van der Waals surface area contributed by atoms with E-state index >= 15 is 0 Å². The average molecular weight is 336 g/mol. The van der Waals surface area contributed by atoms with Crippen LogP contribution in [-0.2, 0) is 0 Å². The molecule has 0 saturated heterocycles. The maximum atomic E-state index is 13.1. The first-order valence-corrected chi connectivity index (χ1v) is 10.1. The first-order chi connectivity index (χ1) is 12.2. The van der Waals surface area contributed by atoms with Crippen LogP contribution >= 0.6 is 0 Å². The Kier molecular flexibility index (Phi) is 4.92. The van der Waals surface area contributed by atoms with E-state index in [0.29, 0.717) is 0 Å². The smallest absolute Gasteiger partial charge is 0.123 e. The van der Waals surface area contributed by atoms with E-state index in [-0.39, 0.29) is 5.82 Å². The molecule has 2 saturated carbocycles. The lowest BCUT2D eigenvalue weighted by Gasteiger charge is -2.42. The molecule has 4 atom stereocenters. The van der Waals surface area contributed by atoms with Gasteiger partial charge in [0.05, 0.1) is 0 Å². The molecule has 0 nitrogen and oxygen atoms in total. The van der Waals surface area contributed by atoms with Crippen molar-refractivity contribution in [1.29, 1.82) is 0 Å². The van der Waals surface area contributed by atoms with Crippen LogP contribution in [0, 0.1) is 23.6 Å². The third-order valence-corrected chi connectivity index (χ3v) is 6.86. The van der Waals surface area contributed by atoms with Gasteiger partial charge in [-0.05, 0) is 84.6 Å². The Morgan fingerprint density at radius 2 is 1.36 bits per heavy atom. The maximum absolute atomic E-state index is 13.1. The van der Waals surface area contributed by atoms with Crippen LogP contribution in [0.15, 0.2) is 48.5 Å². The molecule has 0 aromatic heterocycles. The molecule has 0 spiro atoms. The zero-order valence-electron chi connectivity index (χ0n) is 15.3. The van der Waals surface area contributed by atoms with Crippen LogP contribution in [0.2, 0.25) is 0 Å². The summed E-state index contributed by atoms with van der Waals surface area (Å²) in [4.78, 5) is 0. The van der Waals surface area contributed by atoms with Gasteiger partial charge < -0.3 is 0 Å². The summed E-state index contributed by atoms with van der Waals surface area (Å²) in [6.07, 6.45) is 9.92. The van der Waals surface area contributed by atoms with Gasteiger partial charge in [-0.3, -0.25) is 0 Å². The Morgan fingerprint density at radius 1 is 0.760 bits per heavy atom. The number of benzene rings is 2. The minimum atomic E-state index is -0.171. The van der Waals surface area contributed by atoms with Gasteiger partial charge in [0.1, 0.15) is 5.82 Å². The molecule has 1 unspecified atom stereocenters. The molecule has 1 heteroatoms.